The number of likely N-dealkylation sites (N-methyl/N-ethyl adjacent to an activating group) is 1. The summed E-state index contributed by atoms with van der Waals surface area (Å²) in [5, 5.41) is 0.518. The standard InChI is InChI=1S/C14H17F3N2O/c1-19(2)8-7-9-12-10(5-4-6-11(12)20-3)18-13(9)14(15,16)17/h4-6,18H,7-8H2,1-3H3. The molecule has 1 N–H and O–H groups in total. The SMILES string of the molecule is COc1cccc2[nH]c(C(F)(F)F)c(CCN(C)C)c12. The zero-order valence-electron chi connectivity index (χ0n) is 11.6. The average molecular weight is 286 g/mol. The van der Waals surface area contributed by atoms with E-state index in [9.17, 15) is 13.2 Å². The number of halogens is 3. The molecule has 1 aromatic carbocycles. The Kier molecular flexibility index (Phi) is 3.94. The van der Waals surface area contributed by atoms with Gasteiger partial charge in [-0.15, -0.1) is 0 Å². The number of ether oxygens (including phenoxy) is 1. The number of hydrogen-bond donors (Lipinski definition) is 1. The van der Waals surface area contributed by atoms with Crippen LogP contribution in [-0.4, -0.2) is 37.6 Å². The molecular weight excluding hydrogens is 269 g/mol. The van der Waals surface area contributed by atoms with E-state index < -0.39 is 11.9 Å². The lowest BCUT2D eigenvalue weighted by Crippen LogP contribution is -2.17. The van der Waals surface area contributed by atoms with Crippen molar-refractivity contribution in [2.75, 3.05) is 27.7 Å². The molecule has 0 unspecified atom stereocenters. The molecule has 0 spiro atoms. The first-order valence-corrected chi connectivity index (χ1v) is 6.24. The molecule has 1 heterocycles. The molecule has 2 aromatic rings. The van der Waals surface area contributed by atoms with E-state index in [0.717, 1.165) is 0 Å². The van der Waals surface area contributed by atoms with Crippen LogP contribution in [0.5, 0.6) is 5.75 Å². The molecule has 1 aromatic heterocycles. The Labute approximate surface area is 115 Å². The predicted molar refractivity (Wildman–Crippen MR) is 72.1 cm³/mol. The summed E-state index contributed by atoms with van der Waals surface area (Å²) in [7, 11) is 5.13. The molecule has 6 heteroatoms. The van der Waals surface area contributed by atoms with Crippen LogP contribution >= 0.6 is 0 Å². The molecule has 0 radical (unpaired) electrons. The number of alkyl halides is 3. The summed E-state index contributed by atoms with van der Waals surface area (Å²) >= 11 is 0. The Balaban J connectivity index is 2.63. The Morgan fingerprint density at radius 1 is 1.25 bits per heavy atom. The third-order valence-electron chi connectivity index (χ3n) is 3.20. The van der Waals surface area contributed by atoms with E-state index in [-0.39, 0.29) is 5.56 Å². The molecule has 0 saturated carbocycles. The monoisotopic (exact) mass is 286 g/mol. The number of methoxy groups -OCH3 is 1. The van der Waals surface area contributed by atoms with Gasteiger partial charge in [0.1, 0.15) is 11.4 Å². The van der Waals surface area contributed by atoms with E-state index in [4.69, 9.17) is 4.74 Å². The molecule has 0 aliphatic rings. The fourth-order valence-corrected chi connectivity index (χ4v) is 2.28. The Hall–Kier alpha value is -1.69. The number of fused-ring (bicyclic) bond motifs is 1. The summed E-state index contributed by atoms with van der Waals surface area (Å²) in [5.41, 5.74) is 0.0305. The smallest absolute Gasteiger partial charge is 0.431 e. The molecule has 0 aliphatic heterocycles. The number of aromatic nitrogens is 1. The van der Waals surface area contributed by atoms with Crippen molar-refractivity contribution < 1.29 is 17.9 Å². The summed E-state index contributed by atoms with van der Waals surface area (Å²) < 4.78 is 44.7. The van der Waals surface area contributed by atoms with Gasteiger partial charge >= 0.3 is 6.18 Å². The third kappa shape index (κ3) is 2.75. The first-order chi connectivity index (χ1) is 9.34. The summed E-state index contributed by atoms with van der Waals surface area (Å²) in [4.78, 5) is 4.33. The topological polar surface area (TPSA) is 28.3 Å². The maximum Gasteiger partial charge on any atom is 0.431 e. The average Bonchev–Trinajstić information content (AvgIpc) is 2.74. The maximum absolute atomic E-state index is 13.2. The second-order valence-electron chi connectivity index (χ2n) is 4.91. The molecule has 3 nitrogen and oxygen atoms in total. The van der Waals surface area contributed by atoms with Crippen LogP contribution in [0.15, 0.2) is 18.2 Å². The van der Waals surface area contributed by atoms with Crippen LogP contribution in [0.3, 0.4) is 0 Å². The molecule has 0 atom stereocenters. The van der Waals surface area contributed by atoms with Gasteiger partial charge in [-0.25, -0.2) is 0 Å². The number of nitrogens with zero attached hydrogens (tertiary/aromatic N) is 1. The predicted octanol–water partition coefficient (Wildman–Crippen LogP) is 3.30. The zero-order valence-corrected chi connectivity index (χ0v) is 11.6. The van der Waals surface area contributed by atoms with Gasteiger partial charge in [-0.2, -0.15) is 13.2 Å². The second kappa shape index (κ2) is 5.36. The van der Waals surface area contributed by atoms with Gasteiger partial charge in [0, 0.05) is 17.4 Å². The van der Waals surface area contributed by atoms with Gasteiger partial charge < -0.3 is 14.6 Å². The van der Waals surface area contributed by atoms with Gasteiger partial charge in [0.2, 0.25) is 0 Å². The van der Waals surface area contributed by atoms with Crippen LogP contribution in [0.1, 0.15) is 11.3 Å². The van der Waals surface area contributed by atoms with E-state index in [1.165, 1.54) is 7.11 Å². The van der Waals surface area contributed by atoms with Crippen molar-refractivity contribution in [3.8, 4) is 5.75 Å². The molecule has 0 bridgehead atoms. The number of rotatable bonds is 4. The first kappa shape index (κ1) is 14.7. The minimum atomic E-state index is -4.40. The van der Waals surface area contributed by atoms with Crippen molar-refractivity contribution in [2.24, 2.45) is 0 Å². The van der Waals surface area contributed by atoms with E-state index in [1.807, 2.05) is 19.0 Å². The molecule has 0 amide bonds. The van der Waals surface area contributed by atoms with Gasteiger partial charge in [0.15, 0.2) is 0 Å². The van der Waals surface area contributed by atoms with Crippen LogP contribution in [0.25, 0.3) is 10.9 Å². The van der Waals surface area contributed by atoms with Gasteiger partial charge in [-0.3, -0.25) is 0 Å². The fraction of sp³-hybridized carbons (Fsp3) is 0.429. The number of nitrogens with one attached hydrogen (secondary N) is 1. The van der Waals surface area contributed by atoms with Crippen LogP contribution in [0.2, 0.25) is 0 Å². The number of benzene rings is 1. The van der Waals surface area contributed by atoms with E-state index in [0.29, 0.717) is 29.6 Å². The molecule has 110 valence electrons. The van der Waals surface area contributed by atoms with Crippen LogP contribution in [-0.2, 0) is 12.6 Å². The summed E-state index contributed by atoms with van der Waals surface area (Å²) in [6, 6.07) is 4.98. The highest BCUT2D eigenvalue weighted by Crippen LogP contribution is 2.39. The fourth-order valence-electron chi connectivity index (χ4n) is 2.28. The Bertz CT molecular complexity index is 602. The first-order valence-electron chi connectivity index (χ1n) is 6.24. The number of H-pyrrole nitrogens is 1. The molecule has 0 fully saturated rings. The van der Waals surface area contributed by atoms with E-state index in [2.05, 4.69) is 4.98 Å². The summed E-state index contributed by atoms with van der Waals surface area (Å²) in [6.45, 7) is 0.536. The highest BCUT2D eigenvalue weighted by Gasteiger charge is 2.36. The maximum atomic E-state index is 13.2. The van der Waals surface area contributed by atoms with Crippen molar-refractivity contribution in [2.45, 2.75) is 12.6 Å². The summed E-state index contributed by atoms with van der Waals surface area (Å²) in [6.07, 6.45) is -4.09. The lowest BCUT2D eigenvalue weighted by Gasteiger charge is -2.12. The van der Waals surface area contributed by atoms with Crippen LogP contribution in [0, 0.1) is 0 Å². The van der Waals surface area contributed by atoms with Gasteiger partial charge in [-0.1, -0.05) is 6.07 Å². The van der Waals surface area contributed by atoms with Crippen LogP contribution in [0.4, 0.5) is 13.2 Å². The van der Waals surface area contributed by atoms with E-state index >= 15 is 0 Å². The molecule has 0 aliphatic carbocycles. The van der Waals surface area contributed by atoms with Gasteiger partial charge in [-0.05, 0) is 38.2 Å². The lowest BCUT2D eigenvalue weighted by molar-refractivity contribution is -0.141. The highest BCUT2D eigenvalue weighted by molar-refractivity contribution is 5.90. The van der Waals surface area contributed by atoms with E-state index in [1.54, 1.807) is 18.2 Å². The zero-order chi connectivity index (χ0) is 14.9. The lowest BCUT2D eigenvalue weighted by atomic mass is 10.1. The van der Waals surface area contributed by atoms with Crippen molar-refractivity contribution in [3.05, 3.63) is 29.5 Å². The minimum absolute atomic E-state index is 0.263. The Morgan fingerprint density at radius 3 is 2.50 bits per heavy atom. The van der Waals surface area contributed by atoms with Crippen LogP contribution < -0.4 is 4.74 Å². The van der Waals surface area contributed by atoms with Gasteiger partial charge in [0.25, 0.3) is 0 Å². The van der Waals surface area contributed by atoms with Crippen molar-refractivity contribution in [1.82, 2.24) is 9.88 Å². The van der Waals surface area contributed by atoms with Gasteiger partial charge in [0.05, 0.1) is 7.11 Å². The van der Waals surface area contributed by atoms with Crippen molar-refractivity contribution in [3.63, 3.8) is 0 Å². The summed E-state index contributed by atoms with van der Waals surface area (Å²) in [5.74, 6) is 0.461. The molecule has 20 heavy (non-hydrogen) atoms. The number of aromatic amines is 1. The molecule has 2 rings (SSSR count). The quantitative estimate of drug-likeness (QED) is 0.934. The van der Waals surface area contributed by atoms with Crippen molar-refractivity contribution >= 4 is 10.9 Å². The third-order valence-corrected chi connectivity index (χ3v) is 3.20. The largest absolute Gasteiger partial charge is 0.496 e. The number of hydrogen-bond acceptors (Lipinski definition) is 2. The van der Waals surface area contributed by atoms with Crippen molar-refractivity contribution in [1.29, 1.82) is 0 Å². The Morgan fingerprint density at radius 2 is 1.95 bits per heavy atom. The minimum Gasteiger partial charge on any atom is -0.496 e. The normalized spacial score (nSPS) is 12.3. The second-order valence-corrected chi connectivity index (χ2v) is 4.91. The molecule has 0 saturated heterocycles. The highest BCUT2D eigenvalue weighted by atomic mass is 19.4. The molecular formula is C14H17F3N2O.